The second kappa shape index (κ2) is 37.6. The van der Waals surface area contributed by atoms with Crippen molar-refractivity contribution in [3.05, 3.63) is 0 Å². The first-order chi connectivity index (χ1) is 5.97. The van der Waals surface area contributed by atoms with Gasteiger partial charge in [0.05, 0.1) is 16.0 Å². The number of hydrogen-bond acceptors (Lipinski definition) is 1. The third-order valence-corrected chi connectivity index (χ3v) is 0. The Labute approximate surface area is 110 Å². The molecule has 0 aliphatic heterocycles. The average Bonchev–Trinajstić information content (AvgIpc) is 1.88. The monoisotopic (exact) mass is 310 g/mol. The maximum Gasteiger partial charge on any atom is 0.126 e. The van der Waals surface area contributed by atoms with Crippen molar-refractivity contribution in [1.82, 2.24) is 0 Å². The van der Waals surface area contributed by atoms with E-state index in [-0.39, 0.29) is 21.8 Å². The van der Waals surface area contributed by atoms with Crippen LogP contribution in [0.15, 0.2) is 0 Å². The minimum Gasteiger partial charge on any atom is -0.300 e. The molecule has 0 aromatic rings. The molecule has 0 spiro atoms. The maximum atomic E-state index is 9.44. The molecule has 0 unspecified atom stereocenters. The highest BCUT2D eigenvalue weighted by atomic mass is 35.5. The molecule has 13 heavy (non-hydrogen) atoms. The number of halogens is 6. The maximum absolute atomic E-state index is 9.44. The molecule has 0 aliphatic carbocycles. The molecule has 0 aromatic heterocycles. The van der Waals surface area contributed by atoms with Crippen LogP contribution in [0.5, 0.6) is 0 Å². The number of carbonyl (C=O) groups is 1. The first kappa shape index (κ1) is 23.9. The smallest absolute Gasteiger partial charge is 0.126 e. The highest BCUT2D eigenvalue weighted by molar-refractivity contribution is 6.41. The number of rotatable bonds is 0. The van der Waals surface area contributed by atoms with E-state index in [1.54, 1.807) is 0 Å². The summed E-state index contributed by atoms with van der Waals surface area (Å²) in [5.41, 5.74) is 0. The SMILES string of the molecule is CC(C)=O.ClCCl.ClCCl.ClCCl. The van der Waals surface area contributed by atoms with Crippen LogP contribution in [-0.2, 0) is 4.79 Å². The second-order valence-electron chi connectivity index (χ2n) is 1.21. The van der Waals surface area contributed by atoms with E-state index in [0.717, 1.165) is 0 Å². The van der Waals surface area contributed by atoms with Crippen LogP contribution in [0, 0.1) is 0 Å². The van der Waals surface area contributed by atoms with Gasteiger partial charge in [0.2, 0.25) is 0 Å². The zero-order valence-corrected chi connectivity index (χ0v) is 11.8. The molecule has 0 saturated carbocycles. The molecule has 0 amide bonds. The lowest BCUT2D eigenvalue weighted by Gasteiger charge is -1.56. The number of Topliss-reactive ketones (excluding diaryl/α,β-unsaturated/α-hetero) is 1. The van der Waals surface area contributed by atoms with Crippen LogP contribution in [0.3, 0.4) is 0 Å². The summed E-state index contributed by atoms with van der Waals surface area (Å²) in [5.74, 6) is 0.167. The lowest BCUT2D eigenvalue weighted by molar-refractivity contribution is -0.114. The van der Waals surface area contributed by atoms with E-state index in [2.05, 4.69) is 0 Å². The van der Waals surface area contributed by atoms with Crippen molar-refractivity contribution in [1.29, 1.82) is 0 Å². The predicted molar refractivity (Wildman–Crippen MR) is 66.1 cm³/mol. The first-order valence-electron chi connectivity index (χ1n) is 2.81. The predicted octanol–water partition coefficient (Wildman–Crippen LogP) is 4.86. The number of alkyl halides is 6. The fourth-order valence-electron chi connectivity index (χ4n) is 0. The molecule has 0 rings (SSSR count). The summed E-state index contributed by atoms with van der Waals surface area (Å²) in [6, 6.07) is 0. The van der Waals surface area contributed by atoms with Gasteiger partial charge in [0, 0.05) is 0 Å². The van der Waals surface area contributed by atoms with Crippen LogP contribution in [0.1, 0.15) is 13.8 Å². The van der Waals surface area contributed by atoms with Crippen molar-refractivity contribution in [2.24, 2.45) is 0 Å². The fourth-order valence-corrected chi connectivity index (χ4v) is 0. The van der Waals surface area contributed by atoms with Crippen LogP contribution in [0.25, 0.3) is 0 Å². The quantitative estimate of drug-likeness (QED) is 0.584. The molecule has 0 heterocycles. The highest BCUT2D eigenvalue weighted by Crippen LogP contribution is 1.73. The Morgan fingerprint density at radius 2 is 0.769 bits per heavy atom. The summed E-state index contributed by atoms with van der Waals surface area (Å²) in [6.07, 6.45) is 0. The minimum atomic E-state index is 0.167. The van der Waals surface area contributed by atoms with Crippen LogP contribution < -0.4 is 0 Å². The summed E-state index contributed by atoms with van der Waals surface area (Å²) in [6.45, 7) is 3.06. The molecule has 0 bridgehead atoms. The van der Waals surface area contributed by atoms with E-state index in [1.807, 2.05) is 0 Å². The van der Waals surface area contributed by atoms with Gasteiger partial charge in [-0.05, 0) is 13.8 Å². The molecule has 0 radical (unpaired) electrons. The van der Waals surface area contributed by atoms with E-state index in [1.165, 1.54) is 13.8 Å². The summed E-state index contributed by atoms with van der Waals surface area (Å²) < 4.78 is 0. The molecule has 0 fully saturated rings. The van der Waals surface area contributed by atoms with Crippen molar-refractivity contribution < 1.29 is 4.79 Å². The van der Waals surface area contributed by atoms with E-state index in [4.69, 9.17) is 69.6 Å². The van der Waals surface area contributed by atoms with E-state index in [0.29, 0.717) is 0 Å². The Hall–Kier alpha value is 1.41. The Morgan fingerprint density at radius 3 is 0.769 bits per heavy atom. The lowest BCUT2D eigenvalue weighted by atomic mass is 10.6. The molecule has 84 valence electrons. The van der Waals surface area contributed by atoms with Gasteiger partial charge in [-0.25, -0.2) is 0 Å². The van der Waals surface area contributed by atoms with Crippen LogP contribution in [-0.4, -0.2) is 21.8 Å². The third-order valence-electron chi connectivity index (χ3n) is 0. The summed E-state index contributed by atoms with van der Waals surface area (Å²) >= 11 is 28.6. The van der Waals surface area contributed by atoms with Gasteiger partial charge in [0.1, 0.15) is 5.78 Å². The molecule has 1 nitrogen and oxygen atoms in total. The van der Waals surface area contributed by atoms with Gasteiger partial charge in [-0.1, -0.05) is 0 Å². The van der Waals surface area contributed by atoms with Gasteiger partial charge in [-0.2, -0.15) is 0 Å². The first-order valence-corrected chi connectivity index (χ1v) is 6.01. The van der Waals surface area contributed by atoms with Gasteiger partial charge in [0.25, 0.3) is 0 Å². The van der Waals surface area contributed by atoms with E-state index < -0.39 is 0 Å². The lowest BCUT2D eigenvalue weighted by Crippen LogP contribution is -1.69. The van der Waals surface area contributed by atoms with Crippen molar-refractivity contribution in [3.8, 4) is 0 Å². The van der Waals surface area contributed by atoms with Crippen LogP contribution in [0.4, 0.5) is 0 Å². The van der Waals surface area contributed by atoms with Crippen molar-refractivity contribution >= 4 is 75.4 Å². The molecule has 0 N–H and O–H groups in total. The largest absolute Gasteiger partial charge is 0.300 e. The van der Waals surface area contributed by atoms with Gasteiger partial charge in [0.15, 0.2) is 0 Å². The van der Waals surface area contributed by atoms with Gasteiger partial charge in [-0.15, -0.1) is 69.6 Å². The fraction of sp³-hybridized carbons (Fsp3) is 0.833. The molecular weight excluding hydrogens is 301 g/mol. The van der Waals surface area contributed by atoms with E-state index >= 15 is 0 Å². The summed E-state index contributed by atoms with van der Waals surface area (Å²) in [7, 11) is 0. The zero-order chi connectivity index (χ0) is 11.7. The second-order valence-corrected chi connectivity index (χ2v) is 3.64. The van der Waals surface area contributed by atoms with Gasteiger partial charge < -0.3 is 4.79 Å². The van der Waals surface area contributed by atoms with Crippen molar-refractivity contribution in [3.63, 3.8) is 0 Å². The third kappa shape index (κ3) is 878. The van der Waals surface area contributed by atoms with E-state index in [9.17, 15) is 4.79 Å². The van der Waals surface area contributed by atoms with Crippen molar-refractivity contribution in [2.75, 3.05) is 16.0 Å². The molecule has 0 atom stereocenters. The Kier molecular flexibility index (Phi) is 69.2. The number of ketones is 1. The highest BCUT2D eigenvalue weighted by Gasteiger charge is 1.62. The molecular formula is C6H12Cl6O. The van der Waals surface area contributed by atoms with Gasteiger partial charge in [-0.3, -0.25) is 0 Å². The minimum absolute atomic E-state index is 0.167. The topological polar surface area (TPSA) is 17.1 Å². The van der Waals surface area contributed by atoms with Crippen LogP contribution >= 0.6 is 69.6 Å². The normalized spacial score (nSPS) is 6.15. The van der Waals surface area contributed by atoms with Crippen LogP contribution in [0.2, 0.25) is 0 Å². The summed E-state index contributed by atoms with van der Waals surface area (Å²) in [4.78, 5) is 9.44. The molecule has 0 aromatic carbocycles. The molecule has 7 heteroatoms. The summed E-state index contributed by atoms with van der Waals surface area (Å²) in [5, 5.41) is 0.583. The number of hydrogen-bond donors (Lipinski definition) is 0. The molecule has 0 saturated heterocycles. The average molecular weight is 313 g/mol. The Balaban J connectivity index is -0.0000000420. The van der Waals surface area contributed by atoms with Crippen molar-refractivity contribution in [2.45, 2.75) is 13.8 Å². The number of carbonyl (C=O) groups excluding carboxylic acids is 1. The standard InChI is InChI=1S/C3H6O.3CH2Cl2/c1-3(2)4;3*2-1-3/h1-2H3;3*1H2. The Morgan fingerprint density at radius 1 is 0.769 bits per heavy atom. The zero-order valence-electron chi connectivity index (χ0n) is 7.30. The van der Waals surface area contributed by atoms with Gasteiger partial charge >= 0.3 is 0 Å². The molecule has 0 aliphatic rings. The Bertz CT molecular complexity index is 61.4.